The van der Waals surface area contributed by atoms with Gasteiger partial charge in [-0.3, -0.25) is 0 Å². The maximum Gasteiger partial charge on any atom is 0.0502 e. The lowest BCUT2D eigenvalue weighted by Crippen LogP contribution is -1.98. The number of nitrogens with zero attached hydrogens (tertiary/aromatic N) is 2. The predicted octanol–water partition coefficient (Wildman–Crippen LogP) is 10.1. The van der Waals surface area contributed by atoms with Gasteiger partial charge in [0.1, 0.15) is 0 Å². The lowest BCUT2D eigenvalue weighted by Gasteiger charge is -2.08. The molecule has 5 rings (SSSR count). The minimum atomic E-state index is 1.09. The Morgan fingerprint density at radius 1 is 0.588 bits per heavy atom. The molecule has 0 atom stereocenters. The third-order valence-electron chi connectivity index (χ3n) is 7.60. The topological polar surface area (TPSA) is 9.86 Å². The van der Waals surface area contributed by atoms with Gasteiger partial charge in [-0.2, -0.15) is 0 Å². The Kier molecular flexibility index (Phi) is 7.29. The Balaban J connectivity index is 1.39. The van der Waals surface area contributed by atoms with E-state index in [1.807, 2.05) is 0 Å². The summed E-state index contributed by atoms with van der Waals surface area (Å²) in [5, 5.41) is 5.43. The Morgan fingerprint density at radius 2 is 1.18 bits per heavy atom. The molecule has 0 spiro atoms. The highest BCUT2D eigenvalue weighted by Gasteiger charge is 2.15. The highest BCUT2D eigenvalue weighted by atomic mass is 79.9. The molecule has 0 radical (unpaired) electrons. The molecule has 5 aromatic rings. The summed E-state index contributed by atoms with van der Waals surface area (Å²) in [5.41, 5.74) is 5.33. The van der Waals surface area contributed by atoms with Crippen LogP contribution < -0.4 is 0 Å². The molecular weight excluding hydrogens is 480 g/mol. The first-order valence-electron chi connectivity index (χ1n) is 13.3. The summed E-state index contributed by atoms with van der Waals surface area (Å²) in [4.78, 5) is 0. The smallest absolute Gasteiger partial charge is 0.0502 e. The normalized spacial score (nSPS) is 12.1. The maximum atomic E-state index is 3.72. The van der Waals surface area contributed by atoms with E-state index in [-0.39, 0.29) is 0 Å². The molecule has 0 aliphatic carbocycles. The average Bonchev–Trinajstić information content (AvgIpc) is 3.30. The molecule has 0 bridgehead atoms. The van der Waals surface area contributed by atoms with Crippen LogP contribution in [0.3, 0.4) is 0 Å². The van der Waals surface area contributed by atoms with Crippen molar-refractivity contribution in [3.8, 4) is 0 Å². The molecule has 0 fully saturated rings. The monoisotopic (exact) mass is 516 g/mol. The number of para-hydroxylation sites is 1. The Labute approximate surface area is 212 Å². The van der Waals surface area contributed by atoms with E-state index < -0.39 is 0 Å². The van der Waals surface area contributed by atoms with Gasteiger partial charge in [0.15, 0.2) is 0 Å². The standard InChI is InChI=1S/C31H37BrN2/c1-3-4-5-6-7-8-9-10-11-14-19-34-30-20-23(32)17-18-25(30)27-21-29-26(22-31(27)34)24-15-12-13-16-28(24)33(29)2/h12-13,15-18,20-22H,3-11,14,19H2,1-2H3. The van der Waals surface area contributed by atoms with E-state index in [1.54, 1.807) is 0 Å². The number of fused-ring (bicyclic) bond motifs is 6. The van der Waals surface area contributed by atoms with Gasteiger partial charge in [-0.1, -0.05) is 105 Å². The molecule has 178 valence electrons. The number of rotatable bonds is 11. The van der Waals surface area contributed by atoms with Gasteiger partial charge < -0.3 is 9.13 Å². The van der Waals surface area contributed by atoms with E-state index in [1.165, 1.54) is 108 Å². The molecule has 0 saturated carbocycles. The quantitative estimate of drug-likeness (QED) is 0.154. The van der Waals surface area contributed by atoms with Crippen molar-refractivity contribution in [3.05, 3.63) is 59.1 Å². The fraction of sp³-hybridized carbons (Fsp3) is 0.419. The van der Waals surface area contributed by atoms with Gasteiger partial charge in [0.25, 0.3) is 0 Å². The van der Waals surface area contributed by atoms with Gasteiger partial charge in [-0.05, 0) is 36.8 Å². The first-order valence-corrected chi connectivity index (χ1v) is 14.1. The molecule has 3 aromatic carbocycles. The molecule has 3 heteroatoms. The molecule has 34 heavy (non-hydrogen) atoms. The lowest BCUT2D eigenvalue weighted by atomic mass is 10.1. The second-order valence-electron chi connectivity index (χ2n) is 9.96. The van der Waals surface area contributed by atoms with Crippen molar-refractivity contribution in [2.75, 3.05) is 0 Å². The molecule has 0 saturated heterocycles. The van der Waals surface area contributed by atoms with Crippen LogP contribution in [0.1, 0.15) is 71.1 Å². The fourth-order valence-corrected chi connectivity index (χ4v) is 6.07. The van der Waals surface area contributed by atoms with E-state index in [0.717, 1.165) is 11.0 Å². The van der Waals surface area contributed by atoms with Crippen molar-refractivity contribution in [1.29, 1.82) is 0 Å². The Morgan fingerprint density at radius 3 is 1.94 bits per heavy atom. The van der Waals surface area contributed by atoms with E-state index >= 15 is 0 Å². The highest BCUT2D eigenvalue weighted by molar-refractivity contribution is 9.10. The summed E-state index contributed by atoms with van der Waals surface area (Å²) in [6, 6.07) is 20.4. The predicted molar refractivity (Wildman–Crippen MR) is 153 cm³/mol. The zero-order valence-corrected chi connectivity index (χ0v) is 22.3. The molecule has 0 N–H and O–H groups in total. The average molecular weight is 518 g/mol. The van der Waals surface area contributed by atoms with E-state index in [4.69, 9.17) is 0 Å². The molecule has 2 aromatic heterocycles. The van der Waals surface area contributed by atoms with E-state index in [9.17, 15) is 0 Å². The Bertz CT molecular complexity index is 1420. The van der Waals surface area contributed by atoms with Crippen molar-refractivity contribution in [1.82, 2.24) is 9.13 Å². The van der Waals surface area contributed by atoms with Crippen molar-refractivity contribution in [2.45, 2.75) is 77.7 Å². The molecule has 0 unspecified atom stereocenters. The summed E-state index contributed by atoms with van der Waals surface area (Å²) >= 11 is 3.72. The van der Waals surface area contributed by atoms with Crippen molar-refractivity contribution in [3.63, 3.8) is 0 Å². The second kappa shape index (κ2) is 10.6. The second-order valence-corrected chi connectivity index (χ2v) is 10.9. The summed E-state index contributed by atoms with van der Waals surface area (Å²) in [7, 11) is 2.19. The summed E-state index contributed by atoms with van der Waals surface area (Å²) in [6.07, 6.45) is 13.7. The SMILES string of the molecule is CCCCCCCCCCCCn1c2cc(Br)ccc2c2cc3c(cc21)c1ccccc1n3C. The van der Waals surface area contributed by atoms with Crippen LogP contribution in [0, 0.1) is 0 Å². The highest BCUT2D eigenvalue weighted by Crippen LogP contribution is 2.37. The number of hydrogen-bond donors (Lipinski definition) is 0. The van der Waals surface area contributed by atoms with Crippen molar-refractivity contribution in [2.24, 2.45) is 7.05 Å². The largest absolute Gasteiger partial charge is 0.344 e. The number of benzene rings is 3. The van der Waals surface area contributed by atoms with Gasteiger partial charge in [0.2, 0.25) is 0 Å². The van der Waals surface area contributed by atoms with E-state index in [0.29, 0.717) is 0 Å². The van der Waals surface area contributed by atoms with Crippen LogP contribution in [0.25, 0.3) is 43.6 Å². The fourth-order valence-electron chi connectivity index (χ4n) is 5.72. The van der Waals surface area contributed by atoms with Crippen LogP contribution >= 0.6 is 15.9 Å². The summed E-state index contributed by atoms with van der Waals surface area (Å²) < 4.78 is 6.07. The molecule has 0 aliphatic heterocycles. The first kappa shape index (κ1) is 23.5. The minimum Gasteiger partial charge on any atom is -0.344 e. The number of halogens is 1. The summed E-state index contributed by atoms with van der Waals surface area (Å²) in [6.45, 7) is 3.38. The zero-order chi connectivity index (χ0) is 23.5. The van der Waals surface area contributed by atoms with Crippen LogP contribution in [-0.2, 0) is 13.6 Å². The van der Waals surface area contributed by atoms with Gasteiger partial charge in [0.05, 0.1) is 5.52 Å². The van der Waals surface area contributed by atoms with Gasteiger partial charge >= 0.3 is 0 Å². The van der Waals surface area contributed by atoms with Crippen LogP contribution in [0.4, 0.5) is 0 Å². The molecule has 0 amide bonds. The van der Waals surface area contributed by atoms with Gasteiger partial charge in [-0.25, -0.2) is 0 Å². The van der Waals surface area contributed by atoms with Crippen molar-refractivity contribution >= 4 is 59.5 Å². The van der Waals surface area contributed by atoms with Crippen molar-refractivity contribution < 1.29 is 0 Å². The molecule has 2 heterocycles. The Hall–Kier alpha value is -2.26. The third kappa shape index (κ3) is 4.52. The van der Waals surface area contributed by atoms with Crippen LogP contribution in [0.2, 0.25) is 0 Å². The number of aromatic nitrogens is 2. The molecule has 0 aliphatic rings. The summed E-state index contributed by atoms with van der Waals surface area (Å²) in [5.74, 6) is 0. The van der Waals surface area contributed by atoms with Gasteiger partial charge in [-0.15, -0.1) is 0 Å². The maximum absolute atomic E-state index is 3.72. The molecule has 2 nitrogen and oxygen atoms in total. The number of aryl methyl sites for hydroxylation is 2. The third-order valence-corrected chi connectivity index (χ3v) is 8.09. The van der Waals surface area contributed by atoms with E-state index in [2.05, 4.69) is 93.6 Å². The van der Waals surface area contributed by atoms with Crippen LogP contribution in [0.5, 0.6) is 0 Å². The van der Waals surface area contributed by atoms with Crippen LogP contribution in [-0.4, -0.2) is 9.13 Å². The van der Waals surface area contributed by atoms with Crippen LogP contribution in [0.15, 0.2) is 59.1 Å². The van der Waals surface area contributed by atoms with Gasteiger partial charge in [0, 0.05) is 56.2 Å². The number of hydrogen-bond acceptors (Lipinski definition) is 0. The minimum absolute atomic E-state index is 1.09. The molecular formula is C31H37BrN2. The number of unbranched alkanes of at least 4 members (excludes halogenated alkanes) is 9. The lowest BCUT2D eigenvalue weighted by molar-refractivity contribution is 0.541. The zero-order valence-electron chi connectivity index (χ0n) is 20.7. The first-order chi connectivity index (χ1) is 16.7.